The van der Waals surface area contributed by atoms with Crippen LogP contribution in [0.3, 0.4) is 0 Å². The Bertz CT molecular complexity index is 2590. The van der Waals surface area contributed by atoms with Gasteiger partial charge in [0.25, 0.3) is 0 Å². The summed E-state index contributed by atoms with van der Waals surface area (Å²) in [5, 5.41) is 45.4. The molecule has 2 heterocycles. The van der Waals surface area contributed by atoms with Gasteiger partial charge in [-0.05, 0) is 108 Å². The van der Waals surface area contributed by atoms with Crippen molar-refractivity contribution in [3.63, 3.8) is 0 Å². The number of fused-ring (bicyclic) bond motifs is 2. The average molecular weight is 735 g/mol. The minimum absolute atomic E-state index is 0.187. The zero-order chi connectivity index (χ0) is 39.7. The van der Waals surface area contributed by atoms with E-state index in [1.165, 1.54) is 0 Å². The van der Waals surface area contributed by atoms with Gasteiger partial charge in [0.2, 0.25) is 11.8 Å². The second-order valence-corrected chi connectivity index (χ2v) is 14.1. The van der Waals surface area contributed by atoms with Gasteiger partial charge >= 0.3 is 0 Å². The molecule has 0 radical (unpaired) electrons. The number of hydrogen-bond donors (Lipinski definition) is 4. The number of nitriles is 4. The lowest BCUT2D eigenvalue weighted by atomic mass is 9.93. The lowest BCUT2D eigenvalue weighted by Crippen LogP contribution is -2.15. The summed E-state index contributed by atoms with van der Waals surface area (Å²) in [7, 11) is 0. The molecule has 8 rings (SSSR count). The maximum Gasteiger partial charge on any atom is 0.230 e. The Kier molecular flexibility index (Phi) is 9.73. The van der Waals surface area contributed by atoms with Crippen molar-refractivity contribution in [1.82, 2.24) is 9.97 Å². The molecule has 272 valence electrons. The summed E-state index contributed by atoms with van der Waals surface area (Å²) in [6, 6.07) is 31.0. The Morgan fingerprint density at radius 3 is 1.41 bits per heavy atom. The lowest BCUT2D eigenvalue weighted by Gasteiger charge is -2.12. The molecule has 4 aromatic carbocycles. The molecule has 0 spiro atoms. The Balaban J connectivity index is 0.000000172. The fourth-order valence-corrected chi connectivity index (χ4v) is 6.98. The summed E-state index contributed by atoms with van der Waals surface area (Å²) >= 11 is 0. The molecule has 56 heavy (non-hydrogen) atoms. The molecule has 0 saturated heterocycles. The van der Waals surface area contributed by atoms with Gasteiger partial charge in [0.15, 0.2) is 0 Å². The van der Waals surface area contributed by atoms with Crippen molar-refractivity contribution in [1.29, 1.82) is 21.0 Å². The Morgan fingerprint density at radius 1 is 0.643 bits per heavy atom. The highest BCUT2D eigenvalue weighted by Gasteiger charge is 2.44. The van der Waals surface area contributed by atoms with Crippen molar-refractivity contribution in [3.8, 4) is 46.5 Å². The summed E-state index contributed by atoms with van der Waals surface area (Å²) in [5.41, 5.74) is 20.1. The predicted octanol–water partition coefficient (Wildman–Crippen LogP) is 7.52. The van der Waals surface area contributed by atoms with Crippen LogP contribution in [0, 0.1) is 82.8 Å². The number of nitrogen functional groups attached to an aromatic ring is 2. The number of aryl methyl sites for hydroxylation is 2. The largest absolute Gasteiger partial charge is 0.398 e. The molecule has 2 saturated carbocycles. The number of nitrogens with zero attached hydrogens (tertiary/aromatic N) is 6. The number of carbonyl (C=O) groups excluding carboxylic acids is 2. The van der Waals surface area contributed by atoms with Crippen molar-refractivity contribution in [2.75, 3.05) is 22.1 Å². The number of aromatic nitrogens is 2. The van der Waals surface area contributed by atoms with E-state index in [9.17, 15) is 20.1 Å². The molecule has 2 aliphatic rings. The summed E-state index contributed by atoms with van der Waals surface area (Å²) in [6.07, 6.45) is 4.44. The smallest absolute Gasteiger partial charge is 0.230 e. The second-order valence-electron chi connectivity index (χ2n) is 14.1. The molecule has 2 aliphatic carbocycles. The fourth-order valence-electron chi connectivity index (χ4n) is 6.98. The quantitative estimate of drug-likeness (QED) is 0.123. The number of nitrogens with one attached hydrogen (secondary N) is 2. The monoisotopic (exact) mass is 734 g/mol. The summed E-state index contributed by atoms with van der Waals surface area (Å²) in [5.74, 6) is -0.457. The summed E-state index contributed by atoms with van der Waals surface area (Å²) in [6.45, 7) is 3.91. The molecule has 12 heteroatoms. The molecule has 0 bridgehead atoms. The van der Waals surface area contributed by atoms with Gasteiger partial charge in [-0.2, -0.15) is 21.0 Å². The first kappa shape index (κ1) is 36.6. The van der Waals surface area contributed by atoms with Crippen LogP contribution in [0.4, 0.5) is 23.0 Å². The predicted molar refractivity (Wildman–Crippen MR) is 214 cm³/mol. The minimum Gasteiger partial charge on any atom is -0.398 e. The third kappa shape index (κ3) is 7.24. The van der Waals surface area contributed by atoms with Gasteiger partial charge in [0, 0.05) is 45.7 Å². The number of amides is 2. The van der Waals surface area contributed by atoms with Gasteiger partial charge in [-0.1, -0.05) is 24.3 Å². The molecular formula is C44H34N10O2. The normalized spacial score (nSPS) is 17.5. The van der Waals surface area contributed by atoms with E-state index in [-0.39, 0.29) is 35.5 Å². The third-order valence-corrected chi connectivity index (χ3v) is 10.2. The van der Waals surface area contributed by atoms with Crippen LogP contribution in [-0.2, 0) is 9.59 Å². The minimum atomic E-state index is -0.260. The SMILES string of the molecule is Cc1cccc(C#N)c1-c1cc(N)c2cnc(NC(=O)[C@@H]3C[C@H]3C#N)cc2c1.Cc1cccc(C#N)c1-c1cc(N)c2cnc(NC(=O)[C@H]3C[C@@H]3C#N)cc2c1. The first-order chi connectivity index (χ1) is 27.0. The Hall–Kier alpha value is -7.80. The average Bonchev–Trinajstić information content (AvgIpc) is 4.13. The van der Waals surface area contributed by atoms with E-state index in [1.807, 2.05) is 62.4 Å². The van der Waals surface area contributed by atoms with E-state index in [0.717, 1.165) is 54.9 Å². The number of rotatable bonds is 6. The van der Waals surface area contributed by atoms with Gasteiger partial charge in [-0.15, -0.1) is 0 Å². The van der Waals surface area contributed by atoms with Crippen LogP contribution in [-0.4, -0.2) is 21.8 Å². The van der Waals surface area contributed by atoms with Gasteiger partial charge in [0.05, 0.1) is 59.1 Å². The number of carbonyl (C=O) groups is 2. The number of pyridine rings is 2. The third-order valence-electron chi connectivity index (χ3n) is 10.2. The molecule has 2 aromatic heterocycles. The standard InChI is InChI=1S/2C22H17N5O/c2*1-12-3-2-4-13(9-23)21(12)15-5-14-8-20(26-11-18(14)19(25)7-15)27-22(28)17-6-16(17)10-24/h2*2-5,7-8,11,16-17H,6,25H2,1H3,(H,26,27,28)/t2*16-,17+/m10/s1. The topological polar surface area (TPSA) is 231 Å². The molecule has 6 aromatic rings. The zero-order valence-corrected chi connectivity index (χ0v) is 30.5. The summed E-state index contributed by atoms with van der Waals surface area (Å²) < 4.78 is 0. The number of hydrogen-bond acceptors (Lipinski definition) is 10. The van der Waals surface area contributed by atoms with Crippen LogP contribution in [0.15, 0.2) is 85.2 Å². The second kappa shape index (κ2) is 14.9. The van der Waals surface area contributed by atoms with Crippen LogP contribution >= 0.6 is 0 Å². The van der Waals surface area contributed by atoms with Crippen LogP contribution in [0.25, 0.3) is 43.8 Å². The van der Waals surface area contributed by atoms with Crippen LogP contribution in [0.1, 0.15) is 35.1 Å². The van der Waals surface area contributed by atoms with Crippen LogP contribution in [0.5, 0.6) is 0 Å². The zero-order valence-electron chi connectivity index (χ0n) is 30.5. The van der Waals surface area contributed by atoms with Gasteiger partial charge in [0.1, 0.15) is 11.6 Å². The highest BCUT2D eigenvalue weighted by molar-refractivity contribution is 6.02. The van der Waals surface area contributed by atoms with Crippen molar-refractivity contribution in [3.05, 3.63) is 107 Å². The van der Waals surface area contributed by atoms with Gasteiger partial charge in [-0.25, -0.2) is 9.97 Å². The maximum absolute atomic E-state index is 12.2. The Morgan fingerprint density at radius 2 is 1.05 bits per heavy atom. The van der Waals surface area contributed by atoms with Crippen molar-refractivity contribution >= 4 is 56.4 Å². The highest BCUT2D eigenvalue weighted by Crippen LogP contribution is 2.40. The molecule has 0 aliphatic heterocycles. The highest BCUT2D eigenvalue weighted by atomic mass is 16.2. The van der Waals surface area contributed by atoms with Crippen LogP contribution < -0.4 is 22.1 Å². The maximum atomic E-state index is 12.2. The number of anilines is 4. The molecule has 6 N–H and O–H groups in total. The molecule has 12 nitrogen and oxygen atoms in total. The summed E-state index contributed by atoms with van der Waals surface area (Å²) in [4.78, 5) is 33.0. The fraction of sp³-hybridized carbons (Fsp3) is 0.182. The Labute approximate surface area is 322 Å². The van der Waals surface area contributed by atoms with E-state index in [2.05, 4.69) is 44.9 Å². The van der Waals surface area contributed by atoms with E-state index in [0.29, 0.717) is 47.0 Å². The molecule has 2 fully saturated rings. The van der Waals surface area contributed by atoms with E-state index >= 15 is 0 Å². The first-order valence-electron chi connectivity index (χ1n) is 17.8. The molecule has 4 atom stereocenters. The lowest BCUT2D eigenvalue weighted by molar-refractivity contribution is -0.118. The number of nitrogens with two attached hydrogens (primary N) is 2. The van der Waals surface area contributed by atoms with Crippen molar-refractivity contribution in [2.45, 2.75) is 26.7 Å². The number of benzene rings is 4. The molecule has 2 amide bonds. The van der Waals surface area contributed by atoms with Crippen molar-refractivity contribution < 1.29 is 9.59 Å². The molecule has 0 unspecified atom stereocenters. The van der Waals surface area contributed by atoms with Gasteiger partial charge < -0.3 is 22.1 Å². The van der Waals surface area contributed by atoms with E-state index in [1.54, 1.807) is 36.7 Å². The van der Waals surface area contributed by atoms with Crippen LogP contribution in [0.2, 0.25) is 0 Å². The first-order valence-corrected chi connectivity index (χ1v) is 17.8. The van der Waals surface area contributed by atoms with Crippen molar-refractivity contribution in [2.24, 2.45) is 23.7 Å². The van der Waals surface area contributed by atoms with E-state index < -0.39 is 0 Å². The van der Waals surface area contributed by atoms with Gasteiger partial charge in [-0.3, -0.25) is 9.59 Å². The van der Waals surface area contributed by atoms with E-state index in [4.69, 9.17) is 22.0 Å². The molecular weight excluding hydrogens is 701 g/mol.